The fourth-order valence-corrected chi connectivity index (χ4v) is 2.30. The Bertz CT molecular complexity index is 447. The van der Waals surface area contributed by atoms with Gasteiger partial charge in [0.15, 0.2) is 0 Å². The highest BCUT2D eigenvalue weighted by atomic mass is 16.5. The lowest BCUT2D eigenvalue weighted by Crippen LogP contribution is -2.32. The highest BCUT2D eigenvalue weighted by molar-refractivity contribution is 5.46. The maximum atomic E-state index is 9.00. The molecule has 1 aromatic rings. The van der Waals surface area contributed by atoms with E-state index in [1.165, 1.54) is 0 Å². The van der Waals surface area contributed by atoms with Crippen LogP contribution >= 0.6 is 0 Å². The smallest absolute Gasteiger partial charge is 0.130 e. The van der Waals surface area contributed by atoms with Gasteiger partial charge >= 0.3 is 0 Å². The number of aromatic nitrogens is 1. The fourth-order valence-electron chi connectivity index (χ4n) is 2.30. The van der Waals surface area contributed by atoms with Crippen molar-refractivity contribution in [3.05, 3.63) is 23.4 Å². The first-order valence-electron chi connectivity index (χ1n) is 6.48. The topological polar surface area (TPSA) is 49.1 Å². The Balaban J connectivity index is 2.15. The van der Waals surface area contributed by atoms with E-state index in [0.29, 0.717) is 11.7 Å². The van der Waals surface area contributed by atoms with Gasteiger partial charge in [0.1, 0.15) is 5.82 Å². The molecule has 0 aliphatic carbocycles. The molecule has 0 bridgehead atoms. The summed E-state index contributed by atoms with van der Waals surface area (Å²) in [7, 11) is 0. The fraction of sp³-hybridized carbons (Fsp3) is 0.571. The number of rotatable bonds is 4. The van der Waals surface area contributed by atoms with E-state index < -0.39 is 0 Å². The van der Waals surface area contributed by atoms with Gasteiger partial charge in [-0.1, -0.05) is 0 Å². The first kappa shape index (κ1) is 12.8. The van der Waals surface area contributed by atoms with Gasteiger partial charge in [-0.05, 0) is 38.8 Å². The zero-order chi connectivity index (χ0) is 13.0. The van der Waals surface area contributed by atoms with Gasteiger partial charge in [-0.2, -0.15) is 5.26 Å². The third-order valence-electron chi connectivity index (χ3n) is 3.22. The summed E-state index contributed by atoms with van der Waals surface area (Å²) < 4.78 is 5.66. The third-order valence-corrected chi connectivity index (χ3v) is 3.22. The van der Waals surface area contributed by atoms with E-state index in [1.807, 2.05) is 19.1 Å². The lowest BCUT2D eigenvalue weighted by Gasteiger charge is -2.25. The van der Waals surface area contributed by atoms with Crippen LogP contribution in [0.4, 0.5) is 5.82 Å². The van der Waals surface area contributed by atoms with E-state index in [0.717, 1.165) is 44.0 Å². The molecule has 0 saturated carbocycles. The molecule has 18 heavy (non-hydrogen) atoms. The normalized spacial score (nSPS) is 18.6. The standard InChI is InChI=1S/C14H19N3O/c1-3-17(10-13-5-4-6-18-13)14-8-12(9-15)7-11(2)16-14/h7-8,13H,3-6,10H2,1-2H3. The minimum absolute atomic E-state index is 0.304. The molecule has 1 aromatic heterocycles. The number of pyridine rings is 1. The molecule has 1 unspecified atom stereocenters. The van der Waals surface area contributed by atoms with Crippen molar-refractivity contribution < 1.29 is 4.74 Å². The van der Waals surface area contributed by atoms with Crippen LogP contribution in [0, 0.1) is 18.3 Å². The molecule has 0 radical (unpaired) electrons. The largest absolute Gasteiger partial charge is 0.376 e. The molecule has 1 aliphatic heterocycles. The summed E-state index contributed by atoms with van der Waals surface area (Å²) in [6, 6.07) is 5.84. The molecular formula is C14H19N3O. The molecule has 2 rings (SSSR count). The van der Waals surface area contributed by atoms with Gasteiger partial charge in [0.2, 0.25) is 0 Å². The Morgan fingerprint density at radius 3 is 3.00 bits per heavy atom. The number of hydrogen-bond donors (Lipinski definition) is 0. The van der Waals surface area contributed by atoms with Gasteiger partial charge in [-0.3, -0.25) is 0 Å². The number of ether oxygens (including phenoxy) is 1. The second kappa shape index (κ2) is 5.83. The Morgan fingerprint density at radius 1 is 1.56 bits per heavy atom. The minimum atomic E-state index is 0.304. The van der Waals surface area contributed by atoms with Crippen LogP contribution in [0.25, 0.3) is 0 Å². The number of hydrogen-bond acceptors (Lipinski definition) is 4. The molecule has 1 fully saturated rings. The summed E-state index contributed by atoms with van der Waals surface area (Å²) in [4.78, 5) is 6.70. The van der Waals surface area contributed by atoms with Crippen LogP contribution in [0.15, 0.2) is 12.1 Å². The van der Waals surface area contributed by atoms with E-state index in [-0.39, 0.29) is 0 Å². The summed E-state index contributed by atoms with van der Waals surface area (Å²) in [5.74, 6) is 0.879. The third kappa shape index (κ3) is 2.99. The predicted octanol–water partition coefficient (Wildman–Crippen LogP) is 2.27. The molecular weight excluding hydrogens is 226 g/mol. The molecule has 0 aromatic carbocycles. The summed E-state index contributed by atoms with van der Waals surface area (Å²) in [5, 5.41) is 9.00. The lowest BCUT2D eigenvalue weighted by atomic mass is 10.2. The van der Waals surface area contributed by atoms with Crippen LogP contribution < -0.4 is 4.90 Å². The number of nitriles is 1. The van der Waals surface area contributed by atoms with Crippen molar-refractivity contribution in [3.8, 4) is 6.07 Å². The van der Waals surface area contributed by atoms with Crippen molar-refractivity contribution in [2.75, 3.05) is 24.6 Å². The van der Waals surface area contributed by atoms with E-state index >= 15 is 0 Å². The van der Waals surface area contributed by atoms with Crippen LogP contribution in [-0.2, 0) is 4.74 Å². The molecule has 0 amide bonds. The summed E-state index contributed by atoms with van der Waals surface area (Å²) >= 11 is 0. The van der Waals surface area contributed by atoms with Gasteiger partial charge in [-0.15, -0.1) is 0 Å². The Kier molecular flexibility index (Phi) is 4.16. The number of aryl methyl sites for hydroxylation is 1. The number of likely N-dealkylation sites (N-methyl/N-ethyl adjacent to an activating group) is 1. The van der Waals surface area contributed by atoms with Gasteiger partial charge in [0, 0.05) is 25.4 Å². The highest BCUT2D eigenvalue weighted by Gasteiger charge is 2.19. The molecule has 4 heteroatoms. The molecule has 1 saturated heterocycles. The molecule has 4 nitrogen and oxygen atoms in total. The zero-order valence-corrected chi connectivity index (χ0v) is 11.0. The van der Waals surface area contributed by atoms with Crippen molar-refractivity contribution in [2.45, 2.75) is 32.8 Å². The SMILES string of the molecule is CCN(CC1CCCO1)c1cc(C#N)cc(C)n1. The van der Waals surface area contributed by atoms with Gasteiger partial charge < -0.3 is 9.64 Å². The summed E-state index contributed by atoms with van der Waals surface area (Å²) in [5.41, 5.74) is 1.55. The van der Waals surface area contributed by atoms with E-state index in [9.17, 15) is 0 Å². The maximum Gasteiger partial charge on any atom is 0.130 e. The molecule has 0 spiro atoms. The number of nitrogens with zero attached hydrogens (tertiary/aromatic N) is 3. The maximum absolute atomic E-state index is 9.00. The second-order valence-corrected chi connectivity index (χ2v) is 4.64. The Hall–Kier alpha value is -1.60. The highest BCUT2D eigenvalue weighted by Crippen LogP contribution is 2.19. The summed E-state index contributed by atoms with van der Waals surface area (Å²) in [6.45, 7) is 6.63. The van der Waals surface area contributed by atoms with Crippen molar-refractivity contribution in [1.82, 2.24) is 4.98 Å². The number of anilines is 1. The van der Waals surface area contributed by atoms with Gasteiger partial charge in [0.25, 0.3) is 0 Å². The zero-order valence-electron chi connectivity index (χ0n) is 11.0. The molecule has 96 valence electrons. The molecule has 0 N–H and O–H groups in total. The van der Waals surface area contributed by atoms with Gasteiger partial charge in [-0.25, -0.2) is 4.98 Å². The van der Waals surface area contributed by atoms with Crippen molar-refractivity contribution in [3.63, 3.8) is 0 Å². The minimum Gasteiger partial charge on any atom is -0.376 e. The van der Waals surface area contributed by atoms with Crippen LogP contribution in [0.1, 0.15) is 31.0 Å². The van der Waals surface area contributed by atoms with E-state index in [2.05, 4.69) is 22.9 Å². The first-order chi connectivity index (χ1) is 8.72. The molecule has 2 heterocycles. The molecule has 1 atom stereocenters. The van der Waals surface area contributed by atoms with Crippen molar-refractivity contribution in [2.24, 2.45) is 0 Å². The summed E-state index contributed by atoms with van der Waals surface area (Å²) in [6.07, 6.45) is 2.57. The van der Waals surface area contributed by atoms with Gasteiger partial charge in [0.05, 0.1) is 17.7 Å². The Labute approximate surface area is 108 Å². The first-order valence-corrected chi connectivity index (χ1v) is 6.48. The van der Waals surface area contributed by atoms with E-state index in [1.54, 1.807) is 0 Å². The average Bonchev–Trinajstić information content (AvgIpc) is 2.88. The van der Waals surface area contributed by atoms with E-state index in [4.69, 9.17) is 10.00 Å². The second-order valence-electron chi connectivity index (χ2n) is 4.64. The van der Waals surface area contributed by atoms with Crippen molar-refractivity contribution >= 4 is 5.82 Å². The monoisotopic (exact) mass is 245 g/mol. The quantitative estimate of drug-likeness (QED) is 0.816. The Morgan fingerprint density at radius 2 is 2.39 bits per heavy atom. The van der Waals surface area contributed by atoms with Crippen LogP contribution in [-0.4, -0.2) is 30.8 Å². The van der Waals surface area contributed by atoms with Crippen LogP contribution in [0.3, 0.4) is 0 Å². The van der Waals surface area contributed by atoms with Crippen molar-refractivity contribution in [1.29, 1.82) is 5.26 Å². The predicted molar refractivity (Wildman–Crippen MR) is 70.6 cm³/mol. The van der Waals surface area contributed by atoms with Crippen LogP contribution in [0.5, 0.6) is 0 Å². The molecule has 1 aliphatic rings. The lowest BCUT2D eigenvalue weighted by molar-refractivity contribution is 0.115. The average molecular weight is 245 g/mol. The van der Waals surface area contributed by atoms with Crippen LogP contribution in [0.2, 0.25) is 0 Å².